The van der Waals surface area contributed by atoms with E-state index in [1.54, 1.807) is 5.38 Å². The Hall–Kier alpha value is -6.31. The number of anilines is 1. The van der Waals surface area contributed by atoms with Gasteiger partial charge in [0.25, 0.3) is 0 Å². The molecule has 6 aromatic carbocycles. The van der Waals surface area contributed by atoms with E-state index in [9.17, 15) is 9.90 Å². The van der Waals surface area contributed by atoms with Crippen LogP contribution < -0.4 is 5.32 Å². The highest BCUT2D eigenvalue weighted by Gasteiger charge is 2.41. The van der Waals surface area contributed by atoms with Gasteiger partial charge < -0.3 is 15.3 Å². The van der Waals surface area contributed by atoms with Crippen molar-refractivity contribution in [1.29, 1.82) is 0 Å². The Morgan fingerprint density at radius 1 is 0.560 bits per heavy atom. The molecule has 0 atom stereocenters. The molecule has 0 saturated carbocycles. The van der Waals surface area contributed by atoms with Crippen LogP contribution in [0.4, 0.5) is 5.13 Å². The van der Waals surface area contributed by atoms with Crippen molar-refractivity contribution in [3.8, 4) is 0 Å². The Kier molecular flexibility index (Phi) is 9.31. The number of carbonyl (C=O) groups is 1. The van der Waals surface area contributed by atoms with E-state index in [1.165, 1.54) is 11.3 Å². The Morgan fingerprint density at radius 2 is 0.900 bits per heavy atom. The normalized spacial score (nSPS) is 11.9. The highest BCUT2D eigenvalue weighted by Crippen LogP contribution is 2.42. The fraction of sp³-hybridized carbons (Fsp3) is 0.0465. The van der Waals surface area contributed by atoms with Crippen LogP contribution in [0, 0.1) is 0 Å². The van der Waals surface area contributed by atoms with Gasteiger partial charge >= 0.3 is 5.97 Å². The lowest BCUT2D eigenvalue weighted by Gasteiger charge is -2.36. The molecule has 1 aromatic heterocycles. The third kappa shape index (κ3) is 6.18. The maximum atomic E-state index is 12.9. The number of thiazole rings is 1. The third-order valence-corrected chi connectivity index (χ3v) is 9.44. The Labute approximate surface area is 295 Å². The van der Waals surface area contributed by atoms with Gasteiger partial charge in [-0.2, -0.15) is 0 Å². The first-order chi connectivity index (χ1) is 24.6. The second-order valence-electron chi connectivity index (χ2n) is 11.6. The number of rotatable bonds is 12. The van der Waals surface area contributed by atoms with Crippen LogP contribution in [0.3, 0.4) is 0 Å². The van der Waals surface area contributed by atoms with Crippen LogP contribution in [0.1, 0.15) is 39.1 Å². The largest absolute Gasteiger partial charge is 0.476 e. The predicted molar refractivity (Wildman–Crippen MR) is 199 cm³/mol. The molecule has 7 heteroatoms. The lowest BCUT2D eigenvalue weighted by molar-refractivity contribution is -0.129. The average Bonchev–Trinajstić information content (AvgIpc) is 3.65. The summed E-state index contributed by atoms with van der Waals surface area (Å²) in [4.78, 5) is 24.3. The van der Waals surface area contributed by atoms with Gasteiger partial charge in [0.15, 0.2) is 5.13 Å². The number of hydrogen-bond donors (Lipinski definition) is 2. The minimum absolute atomic E-state index is 0.177. The molecule has 0 spiro atoms. The number of aliphatic carboxylic acids is 1. The summed E-state index contributed by atoms with van der Waals surface area (Å²) >= 11 is 1.31. The molecule has 7 aromatic rings. The molecular formula is C43H33N3O3S. The molecule has 244 valence electrons. The van der Waals surface area contributed by atoms with Crippen LogP contribution in [0.2, 0.25) is 0 Å². The van der Waals surface area contributed by atoms with Crippen molar-refractivity contribution in [2.24, 2.45) is 5.16 Å². The van der Waals surface area contributed by atoms with Crippen LogP contribution in [0.25, 0.3) is 0 Å². The monoisotopic (exact) mass is 671 g/mol. The van der Waals surface area contributed by atoms with E-state index in [0.717, 1.165) is 33.4 Å². The summed E-state index contributed by atoms with van der Waals surface area (Å²) < 4.78 is 0. The Morgan fingerprint density at radius 3 is 1.24 bits per heavy atom. The number of oxime groups is 1. The molecule has 0 bridgehead atoms. The molecule has 6 nitrogen and oxygen atoms in total. The van der Waals surface area contributed by atoms with Gasteiger partial charge in [-0.3, -0.25) is 0 Å². The summed E-state index contributed by atoms with van der Waals surface area (Å²) in [7, 11) is 0. The number of hydrogen-bond acceptors (Lipinski definition) is 6. The van der Waals surface area contributed by atoms with Crippen LogP contribution in [-0.2, 0) is 20.8 Å². The molecule has 2 N–H and O–H groups in total. The van der Waals surface area contributed by atoms with Gasteiger partial charge in [0.1, 0.15) is 11.2 Å². The number of carboxylic acids is 1. The zero-order valence-electron chi connectivity index (χ0n) is 27.0. The minimum atomic E-state index is -1.26. The zero-order chi connectivity index (χ0) is 34.2. The number of aromatic nitrogens is 1. The van der Waals surface area contributed by atoms with Crippen LogP contribution in [-0.4, -0.2) is 21.8 Å². The molecular weight excluding hydrogens is 639 g/mol. The van der Waals surface area contributed by atoms with Crippen molar-refractivity contribution in [2.75, 3.05) is 5.32 Å². The van der Waals surface area contributed by atoms with Gasteiger partial charge in [-0.1, -0.05) is 187 Å². The quantitative estimate of drug-likeness (QED) is 0.0769. The molecule has 0 radical (unpaired) electrons. The van der Waals surface area contributed by atoms with Gasteiger partial charge in [-0.25, -0.2) is 9.78 Å². The lowest BCUT2D eigenvalue weighted by atomic mass is 9.77. The highest BCUT2D eigenvalue weighted by molar-refractivity contribution is 7.14. The Bertz CT molecular complexity index is 1980. The minimum Gasteiger partial charge on any atom is -0.476 e. The van der Waals surface area contributed by atoms with Gasteiger partial charge in [0.2, 0.25) is 11.3 Å². The summed E-state index contributed by atoms with van der Waals surface area (Å²) in [5, 5.41) is 20.9. The number of carboxylic acid groups (broad SMARTS) is 1. The highest BCUT2D eigenvalue weighted by atomic mass is 32.1. The third-order valence-electron chi connectivity index (χ3n) is 8.68. The smallest absolute Gasteiger partial charge is 0.360 e. The molecule has 0 amide bonds. The Balaban J connectivity index is 1.34. The summed E-state index contributed by atoms with van der Waals surface area (Å²) in [6, 6.07) is 59.6. The topological polar surface area (TPSA) is 83.8 Å². The van der Waals surface area contributed by atoms with E-state index in [-0.39, 0.29) is 11.4 Å². The maximum absolute atomic E-state index is 12.9. The zero-order valence-corrected chi connectivity index (χ0v) is 27.8. The summed E-state index contributed by atoms with van der Waals surface area (Å²) in [5.74, 6) is -1.26. The van der Waals surface area contributed by atoms with Gasteiger partial charge in [-0.15, -0.1) is 11.3 Å². The van der Waals surface area contributed by atoms with E-state index < -0.39 is 17.1 Å². The second-order valence-corrected chi connectivity index (χ2v) is 12.5. The van der Waals surface area contributed by atoms with Gasteiger partial charge in [0, 0.05) is 22.1 Å². The van der Waals surface area contributed by atoms with Crippen molar-refractivity contribution >= 4 is 28.1 Å². The van der Waals surface area contributed by atoms with Crippen molar-refractivity contribution < 1.29 is 14.7 Å². The summed E-state index contributed by atoms with van der Waals surface area (Å²) in [5.41, 5.74) is 3.18. The summed E-state index contributed by atoms with van der Waals surface area (Å²) in [6.07, 6.45) is 0. The molecule has 0 aliphatic carbocycles. The van der Waals surface area contributed by atoms with Gasteiger partial charge in [0.05, 0.1) is 0 Å². The fourth-order valence-corrected chi connectivity index (χ4v) is 7.12. The van der Waals surface area contributed by atoms with Crippen molar-refractivity contribution in [3.63, 3.8) is 0 Å². The van der Waals surface area contributed by atoms with Crippen LogP contribution >= 0.6 is 11.3 Å². The van der Waals surface area contributed by atoms with E-state index in [1.807, 2.05) is 146 Å². The van der Waals surface area contributed by atoms with E-state index in [0.29, 0.717) is 5.13 Å². The fourth-order valence-electron chi connectivity index (χ4n) is 6.37. The van der Waals surface area contributed by atoms with E-state index >= 15 is 0 Å². The first-order valence-corrected chi connectivity index (χ1v) is 17.1. The van der Waals surface area contributed by atoms with Crippen molar-refractivity contribution in [1.82, 2.24) is 4.98 Å². The molecule has 7 rings (SSSR count). The SMILES string of the molecule is O=C(O)C(=NOC(c1ccccc1)(c1ccccc1)c1ccccc1)c1csc(NC(c2ccccc2)(c2ccccc2)c2ccccc2)n1. The standard InChI is InChI=1S/C43H33N3O3S/c47-40(48)39(46-49-43(35-25-13-4-14-26-35,36-27-15-5-16-28-36)37-29-17-6-18-30-37)38-31-50-41(44-38)45-42(32-19-7-1-8-20-32,33-21-9-2-10-22-33)34-23-11-3-12-24-34/h1-31H,(H,44,45)(H,47,48). The van der Waals surface area contributed by atoms with Crippen LogP contribution in [0.5, 0.6) is 0 Å². The maximum Gasteiger partial charge on any atom is 0.360 e. The van der Waals surface area contributed by atoms with Crippen molar-refractivity contribution in [2.45, 2.75) is 11.1 Å². The molecule has 1 heterocycles. The molecule has 0 unspecified atom stereocenters. The molecule has 0 saturated heterocycles. The number of benzene rings is 6. The first kappa shape index (κ1) is 32.2. The number of nitrogens with zero attached hydrogens (tertiary/aromatic N) is 2. The van der Waals surface area contributed by atoms with E-state index in [2.05, 4.69) is 46.9 Å². The van der Waals surface area contributed by atoms with Crippen LogP contribution in [0.15, 0.2) is 193 Å². The lowest BCUT2D eigenvalue weighted by Crippen LogP contribution is -2.38. The molecule has 0 fully saturated rings. The number of nitrogens with one attached hydrogen (secondary N) is 1. The average molecular weight is 672 g/mol. The molecule has 0 aliphatic heterocycles. The van der Waals surface area contributed by atoms with Gasteiger partial charge in [-0.05, 0) is 16.7 Å². The first-order valence-electron chi connectivity index (χ1n) is 16.2. The molecule has 0 aliphatic rings. The molecule has 50 heavy (non-hydrogen) atoms. The van der Waals surface area contributed by atoms with E-state index in [4.69, 9.17) is 9.82 Å². The second kappa shape index (κ2) is 14.4. The predicted octanol–water partition coefficient (Wildman–Crippen LogP) is 9.34. The summed E-state index contributed by atoms with van der Waals surface area (Å²) in [6.45, 7) is 0. The van der Waals surface area contributed by atoms with Crippen molar-refractivity contribution in [3.05, 3.63) is 226 Å².